The van der Waals surface area contributed by atoms with Gasteiger partial charge in [0.15, 0.2) is 5.78 Å². The number of hydrogen-bond donors (Lipinski definition) is 1. The van der Waals surface area contributed by atoms with Crippen LogP contribution >= 0.6 is 0 Å². The molecule has 14 heavy (non-hydrogen) atoms. The van der Waals surface area contributed by atoms with E-state index in [2.05, 4.69) is 17.0 Å². The Balaban J connectivity index is 2.55. The lowest BCUT2D eigenvalue weighted by Gasteiger charge is -2.03. The Hall–Kier alpha value is -1.42. The molecule has 1 aromatic heterocycles. The number of ketones is 1. The minimum atomic E-state index is 0.0613. The molecule has 0 fully saturated rings. The molecular weight excluding hydrogens is 178 g/mol. The summed E-state index contributed by atoms with van der Waals surface area (Å²) in [5.74, 6) is 0.0613. The molecule has 1 aromatic rings. The first kappa shape index (κ1) is 10.7. The van der Waals surface area contributed by atoms with Gasteiger partial charge in [0, 0.05) is 19.3 Å². The van der Waals surface area contributed by atoms with E-state index < -0.39 is 0 Å². The molecule has 0 radical (unpaired) electrons. The standard InChI is InChI=1S/C10H15N3O/c1-3-6-11-8-10(14)9-5-7-12-13(9)4-2/h3,5,7,11H,1,4,6,8H2,2H3. The van der Waals surface area contributed by atoms with E-state index >= 15 is 0 Å². The summed E-state index contributed by atoms with van der Waals surface area (Å²) in [4.78, 5) is 11.6. The molecule has 0 saturated carbocycles. The summed E-state index contributed by atoms with van der Waals surface area (Å²) in [7, 11) is 0. The average Bonchev–Trinajstić information content (AvgIpc) is 2.65. The average molecular weight is 193 g/mol. The Morgan fingerprint density at radius 3 is 3.21 bits per heavy atom. The van der Waals surface area contributed by atoms with Crippen LogP contribution in [0.25, 0.3) is 0 Å². The minimum Gasteiger partial charge on any atom is -0.306 e. The lowest BCUT2D eigenvalue weighted by atomic mass is 10.3. The molecule has 0 spiro atoms. The maximum Gasteiger partial charge on any atom is 0.194 e. The number of hydrogen-bond acceptors (Lipinski definition) is 3. The molecule has 4 heteroatoms. The zero-order valence-electron chi connectivity index (χ0n) is 8.36. The highest BCUT2D eigenvalue weighted by Crippen LogP contribution is 1.99. The van der Waals surface area contributed by atoms with E-state index in [1.807, 2.05) is 6.92 Å². The second-order valence-corrected chi connectivity index (χ2v) is 2.87. The van der Waals surface area contributed by atoms with E-state index in [4.69, 9.17) is 0 Å². The summed E-state index contributed by atoms with van der Waals surface area (Å²) >= 11 is 0. The molecule has 1 N–H and O–H groups in total. The zero-order valence-corrected chi connectivity index (χ0v) is 8.36. The fraction of sp³-hybridized carbons (Fsp3) is 0.400. The normalized spacial score (nSPS) is 10.1. The third-order valence-corrected chi connectivity index (χ3v) is 1.88. The highest BCUT2D eigenvalue weighted by molar-refractivity contribution is 5.96. The van der Waals surface area contributed by atoms with Gasteiger partial charge in [-0.1, -0.05) is 6.08 Å². The molecule has 0 aliphatic carbocycles. The molecule has 0 saturated heterocycles. The van der Waals surface area contributed by atoms with Gasteiger partial charge >= 0.3 is 0 Å². The van der Waals surface area contributed by atoms with Gasteiger partial charge in [-0.05, 0) is 13.0 Å². The fourth-order valence-corrected chi connectivity index (χ4v) is 1.20. The summed E-state index contributed by atoms with van der Waals surface area (Å²) in [6.45, 7) is 7.22. The zero-order chi connectivity index (χ0) is 10.4. The number of Topliss-reactive ketones (excluding diaryl/α,β-unsaturated/α-hetero) is 1. The van der Waals surface area contributed by atoms with Crippen molar-refractivity contribution >= 4 is 5.78 Å². The highest BCUT2D eigenvalue weighted by Gasteiger charge is 2.09. The van der Waals surface area contributed by atoms with Crippen LogP contribution < -0.4 is 5.32 Å². The second kappa shape index (κ2) is 5.34. The van der Waals surface area contributed by atoms with Crippen molar-refractivity contribution in [3.63, 3.8) is 0 Å². The Morgan fingerprint density at radius 1 is 1.79 bits per heavy atom. The van der Waals surface area contributed by atoms with E-state index in [0.717, 1.165) is 6.54 Å². The van der Waals surface area contributed by atoms with E-state index in [-0.39, 0.29) is 5.78 Å². The van der Waals surface area contributed by atoms with Crippen molar-refractivity contribution in [2.24, 2.45) is 0 Å². The summed E-state index contributed by atoms with van der Waals surface area (Å²) in [6.07, 6.45) is 3.37. The third-order valence-electron chi connectivity index (χ3n) is 1.88. The summed E-state index contributed by atoms with van der Waals surface area (Å²) in [5, 5.41) is 7.00. The van der Waals surface area contributed by atoms with E-state index in [9.17, 15) is 4.79 Å². The number of nitrogens with zero attached hydrogens (tertiary/aromatic N) is 2. The van der Waals surface area contributed by atoms with Crippen LogP contribution in [-0.2, 0) is 6.54 Å². The Bertz CT molecular complexity index is 317. The lowest BCUT2D eigenvalue weighted by molar-refractivity contribution is 0.0982. The third kappa shape index (κ3) is 2.53. The van der Waals surface area contributed by atoms with Gasteiger partial charge in [0.05, 0.1) is 6.54 Å². The van der Waals surface area contributed by atoms with Crippen molar-refractivity contribution in [1.82, 2.24) is 15.1 Å². The molecule has 1 heterocycles. The van der Waals surface area contributed by atoms with Crippen molar-refractivity contribution < 1.29 is 4.79 Å². The van der Waals surface area contributed by atoms with Crippen LogP contribution in [0.4, 0.5) is 0 Å². The monoisotopic (exact) mass is 193 g/mol. The van der Waals surface area contributed by atoms with Gasteiger partial charge in [-0.25, -0.2) is 0 Å². The second-order valence-electron chi connectivity index (χ2n) is 2.87. The van der Waals surface area contributed by atoms with Crippen molar-refractivity contribution in [3.05, 3.63) is 30.6 Å². The first-order valence-electron chi connectivity index (χ1n) is 4.66. The van der Waals surface area contributed by atoms with Crippen molar-refractivity contribution in [2.75, 3.05) is 13.1 Å². The predicted octanol–water partition coefficient (Wildman–Crippen LogP) is 0.861. The first-order valence-corrected chi connectivity index (χ1v) is 4.66. The van der Waals surface area contributed by atoms with Crippen molar-refractivity contribution in [2.45, 2.75) is 13.5 Å². The van der Waals surface area contributed by atoms with Crippen molar-refractivity contribution in [3.8, 4) is 0 Å². The maximum absolute atomic E-state index is 11.6. The Morgan fingerprint density at radius 2 is 2.57 bits per heavy atom. The molecular formula is C10H15N3O. The molecule has 0 bridgehead atoms. The number of carbonyl (C=O) groups excluding carboxylic acids is 1. The largest absolute Gasteiger partial charge is 0.306 e. The van der Waals surface area contributed by atoms with Crippen LogP contribution in [0.15, 0.2) is 24.9 Å². The molecule has 0 amide bonds. The Kier molecular flexibility index (Phi) is 4.07. The molecule has 0 atom stereocenters. The number of aryl methyl sites for hydroxylation is 1. The van der Waals surface area contributed by atoms with Crippen LogP contribution in [0.5, 0.6) is 0 Å². The van der Waals surface area contributed by atoms with Gasteiger partial charge in [-0.2, -0.15) is 5.10 Å². The minimum absolute atomic E-state index is 0.0613. The van der Waals surface area contributed by atoms with E-state index in [1.165, 1.54) is 0 Å². The smallest absolute Gasteiger partial charge is 0.194 e. The number of carbonyl (C=O) groups is 1. The SMILES string of the molecule is C=CCNCC(=O)c1ccnn1CC. The molecule has 0 aromatic carbocycles. The van der Waals surface area contributed by atoms with E-state index in [1.54, 1.807) is 23.0 Å². The highest BCUT2D eigenvalue weighted by atomic mass is 16.1. The van der Waals surface area contributed by atoms with Gasteiger partial charge in [0.2, 0.25) is 0 Å². The topological polar surface area (TPSA) is 46.9 Å². The van der Waals surface area contributed by atoms with Crippen LogP contribution in [0.1, 0.15) is 17.4 Å². The summed E-state index contributed by atoms with van der Waals surface area (Å²) in [5.41, 5.74) is 0.657. The molecule has 76 valence electrons. The van der Waals surface area contributed by atoms with E-state index in [0.29, 0.717) is 18.8 Å². The fourth-order valence-electron chi connectivity index (χ4n) is 1.20. The van der Waals surface area contributed by atoms with Gasteiger partial charge in [0.25, 0.3) is 0 Å². The molecule has 0 aliphatic rings. The van der Waals surface area contributed by atoms with Gasteiger partial charge in [0.1, 0.15) is 5.69 Å². The number of nitrogens with one attached hydrogen (secondary N) is 1. The predicted molar refractivity (Wildman–Crippen MR) is 55.3 cm³/mol. The van der Waals surface area contributed by atoms with Crippen LogP contribution in [0.3, 0.4) is 0 Å². The number of rotatable bonds is 6. The molecule has 1 rings (SSSR count). The molecule has 0 aliphatic heterocycles. The first-order chi connectivity index (χ1) is 6.79. The quantitative estimate of drug-likeness (QED) is 0.414. The van der Waals surface area contributed by atoms with Crippen molar-refractivity contribution in [1.29, 1.82) is 0 Å². The summed E-state index contributed by atoms with van der Waals surface area (Å²) in [6, 6.07) is 1.74. The Labute approximate surface area is 83.6 Å². The number of aromatic nitrogens is 2. The lowest BCUT2D eigenvalue weighted by Crippen LogP contribution is -2.25. The van der Waals surface area contributed by atoms with Gasteiger partial charge in [-0.15, -0.1) is 6.58 Å². The maximum atomic E-state index is 11.6. The van der Waals surface area contributed by atoms with Crippen LogP contribution in [0, 0.1) is 0 Å². The van der Waals surface area contributed by atoms with Crippen LogP contribution in [-0.4, -0.2) is 28.7 Å². The summed E-state index contributed by atoms with van der Waals surface area (Å²) < 4.78 is 1.69. The van der Waals surface area contributed by atoms with Crippen LogP contribution in [0.2, 0.25) is 0 Å². The molecule has 0 unspecified atom stereocenters. The van der Waals surface area contributed by atoms with Gasteiger partial charge < -0.3 is 5.32 Å². The molecule has 4 nitrogen and oxygen atoms in total. The van der Waals surface area contributed by atoms with Gasteiger partial charge in [-0.3, -0.25) is 9.48 Å².